The Hall–Kier alpha value is -4.51. The Morgan fingerprint density at radius 2 is 1.61 bits per heavy atom. The Morgan fingerprint density at radius 1 is 0.974 bits per heavy atom. The maximum atomic E-state index is 12.2. The van der Waals surface area contributed by atoms with Gasteiger partial charge in [0.1, 0.15) is 11.6 Å². The minimum Gasteiger partial charge on any atom is -0.368 e. The van der Waals surface area contributed by atoms with E-state index < -0.39 is 4.92 Å². The molecule has 1 heterocycles. The number of hydrogen-bond acceptors (Lipinski definition) is 8. The Balaban J connectivity index is 1.63. The van der Waals surface area contributed by atoms with E-state index in [9.17, 15) is 19.7 Å². The first-order valence-electron chi connectivity index (χ1n) is 11.8. The van der Waals surface area contributed by atoms with E-state index >= 15 is 0 Å². The lowest BCUT2D eigenvalue weighted by molar-refractivity contribution is -0.384. The Morgan fingerprint density at radius 3 is 2.21 bits per heavy atom. The van der Waals surface area contributed by atoms with Gasteiger partial charge >= 0.3 is 0 Å². The monoisotopic (exact) mass is 537 g/mol. The summed E-state index contributed by atoms with van der Waals surface area (Å²) in [6, 6.07) is 13.2. The van der Waals surface area contributed by atoms with Crippen molar-refractivity contribution in [3.8, 4) is 11.4 Å². The number of carbonyl (C=O) groups is 2. The molecule has 3 aromatic rings. The number of carbonyl (C=O) groups excluding carboxylic acids is 2. The first kappa shape index (κ1) is 28.1. The number of rotatable bonds is 12. The number of nitro benzene ring substituents is 1. The van der Waals surface area contributed by atoms with Crippen molar-refractivity contribution in [1.29, 1.82) is 0 Å². The summed E-state index contributed by atoms with van der Waals surface area (Å²) in [7, 11) is 0. The summed E-state index contributed by atoms with van der Waals surface area (Å²) in [6.07, 6.45) is 2.84. The molecular formula is C26H28ClN7O4. The highest BCUT2D eigenvalue weighted by Gasteiger charge is 2.13. The maximum Gasteiger partial charge on any atom is 0.270 e. The highest BCUT2D eigenvalue weighted by Crippen LogP contribution is 2.26. The molecule has 11 nitrogen and oxygen atoms in total. The zero-order valence-electron chi connectivity index (χ0n) is 21.0. The molecule has 0 unspecified atom stereocenters. The van der Waals surface area contributed by atoms with Crippen LogP contribution in [0.4, 0.5) is 17.3 Å². The zero-order valence-corrected chi connectivity index (χ0v) is 21.7. The van der Waals surface area contributed by atoms with Crippen molar-refractivity contribution in [3.05, 3.63) is 80.9 Å². The highest BCUT2D eigenvalue weighted by atomic mass is 35.5. The van der Waals surface area contributed by atoms with Gasteiger partial charge in [-0.25, -0.2) is 9.97 Å². The summed E-state index contributed by atoms with van der Waals surface area (Å²) < 4.78 is 0. The fourth-order valence-electron chi connectivity index (χ4n) is 3.35. The molecule has 2 aromatic carbocycles. The van der Waals surface area contributed by atoms with Crippen LogP contribution in [0.25, 0.3) is 17.5 Å². The van der Waals surface area contributed by atoms with Crippen LogP contribution in [-0.2, 0) is 9.59 Å². The average Bonchev–Trinajstić information content (AvgIpc) is 2.90. The lowest BCUT2D eigenvalue weighted by Crippen LogP contribution is -2.28. The van der Waals surface area contributed by atoms with Gasteiger partial charge in [0, 0.05) is 67.5 Å². The maximum absolute atomic E-state index is 12.2. The third kappa shape index (κ3) is 8.56. The third-order valence-corrected chi connectivity index (χ3v) is 5.52. The van der Waals surface area contributed by atoms with Crippen LogP contribution >= 0.6 is 11.6 Å². The predicted molar refractivity (Wildman–Crippen MR) is 148 cm³/mol. The molecule has 0 spiro atoms. The van der Waals surface area contributed by atoms with E-state index in [1.165, 1.54) is 31.2 Å². The molecule has 0 atom stereocenters. The Labute approximate surface area is 224 Å². The summed E-state index contributed by atoms with van der Waals surface area (Å²) in [5, 5.41) is 23.5. The number of nitro groups is 1. The van der Waals surface area contributed by atoms with Crippen molar-refractivity contribution < 1.29 is 14.5 Å². The van der Waals surface area contributed by atoms with Crippen LogP contribution in [0.15, 0.2) is 54.6 Å². The lowest BCUT2D eigenvalue weighted by Gasteiger charge is -2.16. The van der Waals surface area contributed by atoms with Gasteiger partial charge in [-0.05, 0) is 42.8 Å². The van der Waals surface area contributed by atoms with E-state index in [2.05, 4.69) is 31.2 Å². The zero-order chi connectivity index (χ0) is 27.5. The second kappa shape index (κ2) is 13.7. The molecule has 12 heteroatoms. The topological polar surface area (TPSA) is 151 Å². The number of aromatic nitrogens is 2. The van der Waals surface area contributed by atoms with Crippen LogP contribution in [0.3, 0.4) is 0 Å². The van der Waals surface area contributed by atoms with E-state index in [-0.39, 0.29) is 17.5 Å². The number of nitrogens with zero attached hydrogens (tertiary/aromatic N) is 3. The molecule has 1 aromatic heterocycles. The molecule has 0 aliphatic rings. The minimum atomic E-state index is -0.486. The van der Waals surface area contributed by atoms with E-state index in [0.717, 1.165) is 11.1 Å². The van der Waals surface area contributed by atoms with Crippen LogP contribution in [0.1, 0.15) is 18.1 Å². The fourth-order valence-corrected chi connectivity index (χ4v) is 3.47. The van der Waals surface area contributed by atoms with Crippen molar-refractivity contribution >= 4 is 46.8 Å². The molecule has 0 saturated carbocycles. The van der Waals surface area contributed by atoms with Crippen molar-refractivity contribution in [2.45, 2.75) is 13.8 Å². The quantitative estimate of drug-likeness (QED) is 0.118. The van der Waals surface area contributed by atoms with Crippen LogP contribution in [0.5, 0.6) is 0 Å². The molecule has 0 radical (unpaired) electrons. The molecule has 0 bridgehead atoms. The number of anilines is 2. The molecule has 198 valence electrons. The average molecular weight is 538 g/mol. The summed E-state index contributed by atoms with van der Waals surface area (Å²) in [4.78, 5) is 43.0. The van der Waals surface area contributed by atoms with Gasteiger partial charge in [-0.15, -0.1) is 0 Å². The van der Waals surface area contributed by atoms with Crippen molar-refractivity contribution in [1.82, 2.24) is 20.6 Å². The summed E-state index contributed by atoms with van der Waals surface area (Å²) in [6.45, 7) is 4.94. The van der Waals surface area contributed by atoms with Crippen LogP contribution in [0.2, 0.25) is 5.02 Å². The first-order chi connectivity index (χ1) is 18.2. The molecule has 0 fully saturated rings. The molecule has 3 rings (SSSR count). The van der Waals surface area contributed by atoms with E-state index in [0.29, 0.717) is 54.2 Å². The molecule has 4 N–H and O–H groups in total. The lowest BCUT2D eigenvalue weighted by atomic mass is 10.2. The number of nitrogens with one attached hydrogen (secondary N) is 4. The molecule has 0 aliphatic heterocycles. The smallest absolute Gasteiger partial charge is 0.270 e. The molecular weight excluding hydrogens is 510 g/mol. The van der Waals surface area contributed by atoms with Crippen molar-refractivity contribution in [2.24, 2.45) is 0 Å². The van der Waals surface area contributed by atoms with Gasteiger partial charge in [-0.2, -0.15) is 0 Å². The second-order valence-electron chi connectivity index (χ2n) is 8.19. The van der Waals surface area contributed by atoms with E-state index in [1.807, 2.05) is 19.1 Å². The highest BCUT2D eigenvalue weighted by molar-refractivity contribution is 6.30. The van der Waals surface area contributed by atoms with E-state index in [1.54, 1.807) is 24.3 Å². The minimum absolute atomic E-state index is 0.0427. The van der Waals surface area contributed by atoms with Crippen molar-refractivity contribution in [2.75, 3.05) is 36.8 Å². The van der Waals surface area contributed by atoms with Crippen LogP contribution in [0, 0.1) is 17.0 Å². The van der Waals surface area contributed by atoms with Gasteiger partial charge in [-0.1, -0.05) is 23.7 Å². The Kier molecular flexibility index (Phi) is 10.1. The molecule has 38 heavy (non-hydrogen) atoms. The largest absolute Gasteiger partial charge is 0.368 e. The van der Waals surface area contributed by atoms with Crippen LogP contribution in [-0.4, -0.2) is 52.9 Å². The normalized spacial score (nSPS) is 10.7. The van der Waals surface area contributed by atoms with Gasteiger partial charge in [0.15, 0.2) is 5.82 Å². The second-order valence-corrected chi connectivity index (χ2v) is 8.63. The SMILES string of the molecule is CC(=O)NCCNc1nc(-c2ccc(Cl)cc2)nc(NCCNC(=O)C=Cc2cccc([N+](=O)[O-])c2)c1C. The molecule has 0 aliphatic carbocycles. The van der Waals surface area contributed by atoms with Gasteiger partial charge < -0.3 is 21.3 Å². The predicted octanol–water partition coefficient (Wildman–Crippen LogP) is 3.80. The number of non-ortho nitro benzene ring substituents is 1. The van der Waals surface area contributed by atoms with E-state index in [4.69, 9.17) is 11.6 Å². The van der Waals surface area contributed by atoms with Gasteiger partial charge in [0.2, 0.25) is 11.8 Å². The summed E-state index contributed by atoms with van der Waals surface area (Å²) in [5.74, 6) is 1.24. The van der Waals surface area contributed by atoms with Gasteiger partial charge in [0.05, 0.1) is 4.92 Å². The fraction of sp³-hybridized carbons (Fsp3) is 0.231. The Bertz CT molecular complexity index is 1330. The number of benzene rings is 2. The molecule has 0 saturated heterocycles. The number of hydrogen-bond donors (Lipinski definition) is 4. The number of amides is 2. The summed E-state index contributed by atoms with van der Waals surface area (Å²) >= 11 is 6.02. The van der Waals surface area contributed by atoms with Crippen molar-refractivity contribution in [3.63, 3.8) is 0 Å². The van der Waals surface area contributed by atoms with Gasteiger partial charge in [0.25, 0.3) is 5.69 Å². The third-order valence-electron chi connectivity index (χ3n) is 5.26. The van der Waals surface area contributed by atoms with Crippen LogP contribution < -0.4 is 21.3 Å². The van der Waals surface area contributed by atoms with Gasteiger partial charge in [-0.3, -0.25) is 19.7 Å². The first-order valence-corrected chi connectivity index (χ1v) is 12.2. The standard InChI is InChI=1S/C26H28ClN7O4/c1-17-24(30-14-12-28-18(2)35)32-26(20-7-9-21(27)10-8-20)33-25(17)31-15-13-29-23(36)11-6-19-4-3-5-22(16-19)34(37)38/h3-11,16H,12-15H2,1-2H3,(H,28,35)(H,29,36)(H2,30,31,32,33). The summed E-state index contributed by atoms with van der Waals surface area (Å²) in [5.41, 5.74) is 2.07. The number of halogens is 1. The molecule has 2 amide bonds.